The molecule has 1 N–H and O–H groups in total. The van der Waals surface area contributed by atoms with Gasteiger partial charge in [0.15, 0.2) is 0 Å². The van der Waals surface area contributed by atoms with Crippen LogP contribution in [-0.2, 0) is 9.59 Å². The van der Waals surface area contributed by atoms with Crippen molar-refractivity contribution in [3.63, 3.8) is 0 Å². The summed E-state index contributed by atoms with van der Waals surface area (Å²) < 4.78 is 5.30. The summed E-state index contributed by atoms with van der Waals surface area (Å²) in [6.07, 6.45) is 3.89. The summed E-state index contributed by atoms with van der Waals surface area (Å²) in [5, 5.41) is 2.93. The average molecular weight is 477 g/mol. The number of piperidine rings is 1. The molecule has 0 bridgehead atoms. The molecule has 1 atom stereocenters. The maximum Gasteiger partial charge on any atom is 0.255 e. The van der Waals surface area contributed by atoms with Crippen LogP contribution in [0.1, 0.15) is 29.6 Å². The molecular weight excluding hydrogens is 440 g/mol. The average Bonchev–Trinajstić information content (AvgIpc) is 2.86. The second-order valence-corrected chi connectivity index (χ2v) is 9.72. The minimum Gasteiger partial charge on any atom is -0.496 e. The van der Waals surface area contributed by atoms with Crippen molar-refractivity contribution in [2.45, 2.75) is 25.3 Å². The van der Waals surface area contributed by atoms with Crippen molar-refractivity contribution in [2.75, 3.05) is 65.4 Å². The van der Waals surface area contributed by atoms with Crippen LogP contribution >= 0.6 is 11.8 Å². The molecule has 2 saturated heterocycles. The van der Waals surface area contributed by atoms with E-state index in [1.54, 1.807) is 40.9 Å². The molecule has 1 aromatic carbocycles. The third kappa shape index (κ3) is 6.63. The molecule has 182 valence electrons. The first-order chi connectivity index (χ1) is 15.9. The van der Waals surface area contributed by atoms with Crippen molar-refractivity contribution < 1.29 is 19.1 Å². The van der Waals surface area contributed by atoms with Crippen molar-refractivity contribution in [3.8, 4) is 5.75 Å². The maximum atomic E-state index is 13.3. The molecule has 0 radical (unpaired) electrons. The van der Waals surface area contributed by atoms with Crippen LogP contribution < -0.4 is 10.1 Å². The highest BCUT2D eigenvalue weighted by Gasteiger charge is 2.34. The second kappa shape index (κ2) is 12.3. The van der Waals surface area contributed by atoms with Crippen LogP contribution in [0.3, 0.4) is 0 Å². The summed E-state index contributed by atoms with van der Waals surface area (Å²) >= 11 is 1.64. The van der Waals surface area contributed by atoms with Gasteiger partial charge in [-0.3, -0.25) is 14.4 Å². The zero-order valence-electron chi connectivity index (χ0n) is 19.9. The number of thioether (sulfide) groups is 1. The van der Waals surface area contributed by atoms with Crippen LogP contribution in [0.2, 0.25) is 0 Å². The summed E-state index contributed by atoms with van der Waals surface area (Å²) in [7, 11) is 3.60. The number of piperazine rings is 1. The monoisotopic (exact) mass is 476 g/mol. The number of benzene rings is 1. The van der Waals surface area contributed by atoms with E-state index in [9.17, 15) is 14.4 Å². The van der Waals surface area contributed by atoms with Crippen molar-refractivity contribution in [1.29, 1.82) is 0 Å². The van der Waals surface area contributed by atoms with Gasteiger partial charge in [-0.25, -0.2) is 0 Å². The summed E-state index contributed by atoms with van der Waals surface area (Å²) in [5.41, 5.74) is 0.415. The number of rotatable bonds is 8. The molecule has 33 heavy (non-hydrogen) atoms. The Labute approximate surface area is 201 Å². The fraction of sp³-hybridized carbons (Fsp3) is 0.625. The Balaban J connectivity index is 1.58. The van der Waals surface area contributed by atoms with Gasteiger partial charge in [0.2, 0.25) is 11.8 Å². The van der Waals surface area contributed by atoms with E-state index >= 15 is 0 Å². The molecule has 2 heterocycles. The first kappa shape index (κ1) is 25.4. The molecule has 0 spiro atoms. The topological polar surface area (TPSA) is 82.2 Å². The number of ether oxygens (including phenoxy) is 1. The van der Waals surface area contributed by atoms with Crippen LogP contribution in [0.5, 0.6) is 5.75 Å². The van der Waals surface area contributed by atoms with Gasteiger partial charge in [-0.05, 0) is 50.5 Å². The van der Waals surface area contributed by atoms with Gasteiger partial charge in [-0.2, -0.15) is 11.8 Å². The van der Waals surface area contributed by atoms with Crippen molar-refractivity contribution in [2.24, 2.45) is 5.92 Å². The Morgan fingerprint density at radius 3 is 2.36 bits per heavy atom. The Kier molecular flexibility index (Phi) is 9.43. The number of para-hydroxylation sites is 1. The predicted octanol–water partition coefficient (Wildman–Crippen LogP) is 1.56. The van der Waals surface area contributed by atoms with E-state index in [2.05, 4.69) is 17.3 Å². The van der Waals surface area contributed by atoms with Gasteiger partial charge >= 0.3 is 0 Å². The molecule has 2 aliphatic rings. The number of hydrogen-bond donors (Lipinski definition) is 1. The molecule has 0 aromatic heterocycles. The molecule has 2 fully saturated rings. The van der Waals surface area contributed by atoms with Gasteiger partial charge in [-0.1, -0.05) is 12.1 Å². The number of carbonyl (C=O) groups excluding carboxylic acids is 3. The molecular formula is C24H36N4O4S. The number of likely N-dealkylation sites (N-methyl/N-ethyl adjacent to an activating group) is 1. The minimum absolute atomic E-state index is 0.0229. The highest BCUT2D eigenvalue weighted by Crippen LogP contribution is 2.22. The third-order valence-electron chi connectivity index (χ3n) is 6.54. The predicted molar refractivity (Wildman–Crippen MR) is 131 cm³/mol. The van der Waals surface area contributed by atoms with Crippen molar-refractivity contribution >= 4 is 29.5 Å². The second-order valence-electron chi connectivity index (χ2n) is 8.74. The van der Waals surface area contributed by atoms with Gasteiger partial charge in [0.1, 0.15) is 11.8 Å². The molecule has 8 nitrogen and oxygen atoms in total. The van der Waals surface area contributed by atoms with Crippen molar-refractivity contribution in [1.82, 2.24) is 20.0 Å². The third-order valence-corrected chi connectivity index (χ3v) is 7.18. The zero-order chi connectivity index (χ0) is 23.8. The van der Waals surface area contributed by atoms with Crippen LogP contribution in [0.4, 0.5) is 0 Å². The number of likely N-dealkylation sites (tertiary alicyclic amines) is 1. The highest BCUT2D eigenvalue weighted by molar-refractivity contribution is 7.98. The number of amides is 3. The Morgan fingerprint density at radius 1 is 1.06 bits per heavy atom. The normalized spacial score (nSPS) is 18.6. The van der Waals surface area contributed by atoms with Crippen molar-refractivity contribution in [3.05, 3.63) is 29.8 Å². The SMILES string of the molecule is COc1ccccc1C(=O)NC(CCSC)C(=O)N1CCC(C(=O)N2CCN(C)CC2)CC1. The van der Waals surface area contributed by atoms with Gasteiger partial charge in [0, 0.05) is 45.2 Å². The van der Waals surface area contributed by atoms with E-state index in [4.69, 9.17) is 4.74 Å². The van der Waals surface area contributed by atoms with Crippen LogP contribution in [-0.4, -0.2) is 104 Å². The van der Waals surface area contributed by atoms with Gasteiger partial charge < -0.3 is 24.8 Å². The molecule has 9 heteroatoms. The quantitative estimate of drug-likeness (QED) is 0.613. The lowest BCUT2D eigenvalue weighted by molar-refractivity contribution is -0.142. The molecule has 3 rings (SSSR count). The molecule has 0 saturated carbocycles. The summed E-state index contributed by atoms with van der Waals surface area (Å²) in [5.74, 6) is 1.06. The molecule has 3 amide bonds. The number of nitrogens with one attached hydrogen (secondary N) is 1. The lowest BCUT2D eigenvalue weighted by Crippen LogP contribution is -2.53. The number of nitrogens with zero attached hydrogens (tertiary/aromatic N) is 3. The lowest BCUT2D eigenvalue weighted by Gasteiger charge is -2.38. The van der Waals surface area contributed by atoms with E-state index in [1.165, 1.54) is 7.11 Å². The van der Waals surface area contributed by atoms with Gasteiger partial charge in [-0.15, -0.1) is 0 Å². The number of carbonyl (C=O) groups is 3. The Morgan fingerprint density at radius 2 is 1.73 bits per heavy atom. The smallest absolute Gasteiger partial charge is 0.255 e. The minimum atomic E-state index is -0.597. The number of methoxy groups -OCH3 is 1. The van der Waals surface area contributed by atoms with E-state index < -0.39 is 6.04 Å². The Bertz CT molecular complexity index is 820. The standard InChI is InChI=1S/C24H36N4O4S/c1-26-13-15-28(16-14-26)23(30)18-8-11-27(12-9-18)24(31)20(10-17-33-3)25-22(29)19-6-4-5-7-21(19)32-2/h4-7,18,20H,8-17H2,1-3H3,(H,25,29). The van der Waals surface area contributed by atoms with Crippen LogP contribution in [0.15, 0.2) is 24.3 Å². The first-order valence-corrected chi connectivity index (χ1v) is 13.0. The first-order valence-electron chi connectivity index (χ1n) is 11.6. The van der Waals surface area contributed by atoms with Crippen LogP contribution in [0.25, 0.3) is 0 Å². The highest BCUT2D eigenvalue weighted by atomic mass is 32.2. The Hall–Kier alpha value is -2.26. The van der Waals surface area contributed by atoms with E-state index in [0.29, 0.717) is 43.7 Å². The van der Waals surface area contributed by atoms with Crippen LogP contribution in [0, 0.1) is 5.92 Å². The fourth-order valence-corrected chi connectivity index (χ4v) is 4.88. The molecule has 1 aromatic rings. The molecule has 2 aliphatic heterocycles. The van der Waals surface area contributed by atoms with E-state index in [-0.39, 0.29) is 23.6 Å². The summed E-state index contributed by atoms with van der Waals surface area (Å²) in [6.45, 7) is 4.46. The molecule has 0 aliphatic carbocycles. The summed E-state index contributed by atoms with van der Waals surface area (Å²) in [4.78, 5) is 45.1. The lowest BCUT2D eigenvalue weighted by atomic mass is 9.94. The fourth-order valence-electron chi connectivity index (χ4n) is 4.41. The summed E-state index contributed by atoms with van der Waals surface area (Å²) in [6, 6.07) is 6.41. The molecule has 1 unspecified atom stereocenters. The van der Waals surface area contributed by atoms with E-state index in [0.717, 1.165) is 31.9 Å². The van der Waals surface area contributed by atoms with Gasteiger partial charge in [0.25, 0.3) is 5.91 Å². The maximum absolute atomic E-state index is 13.3. The largest absolute Gasteiger partial charge is 0.496 e. The van der Waals surface area contributed by atoms with E-state index in [1.807, 2.05) is 11.2 Å². The van der Waals surface area contributed by atoms with Gasteiger partial charge in [0.05, 0.1) is 12.7 Å². The zero-order valence-corrected chi connectivity index (χ0v) is 20.7. The number of hydrogen-bond acceptors (Lipinski definition) is 6.